The zero-order valence-electron chi connectivity index (χ0n) is 10.4. The topological polar surface area (TPSA) is 111 Å². The van der Waals surface area contributed by atoms with Crippen LogP contribution in [0.25, 0.3) is 0 Å². The molecular formula is C11H13FN4O3S. The molecule has 0 saturated carbocycles. The van der Waals surface area contributed by atoms with Crippen molar-refractivity contribution in [1.82, 2.24) is 14.9 Å². The van der Waals surface area contributed by atoms with Crippen molar-refractivity contribution in [3.63, 3.8) is 0 Å². The summed E-state index contributed by atoms with van der Waals surface area (Å²) in [6.07, 6.45) is 1.47. The highest BCUT2D eigenvalue weighted by molar-refractivity contribution is 7.89. The molecule has 1 aromatic heterocycles. The van der Waals surface area contributed by atoms with E-state index in [1.165, 1.54) is 18.5 Å². The molecule has 0 amide bonds. The average molecular weight is 300 g/mol. The first-order chi connectivity index (χ1) is 9.53. The van der Waals surface area contributed by atoms with Gasteiger partial charge in [0.25, 0.3) is 0 Å². The van der Waals surface area contributed by atoms with Crippen LogP contribution >= 0.6 is 0 Å². The van der Waals surface area contributed by atoms with Crippen molar-refractivity contribution >= 4 is 10.0 Å². The molecule has 0 fully saturated rings. The fraction of sp³-hybridized carbons (Fsp3) is 0.273. The van der Waals surface area contributed by atoms with Crippen molar-refractivity contribution in [2.75, 3.05) is 6.54 Å². The number of benzene rings is 1. The van der Waals surface area contributed by atoms with Crippen molar-refractivity contribution in [2.45, 2.75) is 17.9 Å². The van der Waals surface area contributed by atoms with Gasteiger partial charge in [-0.1, -0.05) is 11.2 Å². The Morgan fingerprint density at radius 3 is 2.85 bits per heavy atom. The molecule has 0 saturated heterocycles. The molecule has 0 aliphatic carbocycles. The molecule has 20 heavy (non-hydrogen) atoms. The lowest BCUT2D eigenvalue weighted by molar-refractivity contribution is 0.377. The third-order valence-corrected chi connectivity index (χ3v) is 4.12. The summed E-state index contributed by atoms with van der Waals surface area (Å²) in [6, 6.07) is 3.46. The van der Waals surface area contributed by atoms with Gasteiger partial charge in [0.15, 0.2) is 6.33 Å². The smallest absolute Gasteiger partial charge is 0.241 e. The van der Waals surface area contributed by atoms with Crippen LogP contribution in [0, 0.1) is 5.82 Å². The van der Waals surface area contributed by atoms with Gasteiger partial charge in [-0.15, -0.1) is 0 Å². The zero-order valence-corrected chi connectivity index (χ0v) is 11.2. The molecule has 3 N–H and O–H groups in total. The molecule has 0 aliphatic heterocycles. The van der Waals surface area contributed by atoms with Gasteiger partial charge >= 0.3 is 0 Å². The number of rotatable bonds is 6. The highest BCUT2D eigenvalue weighted by Gasteiger charge is 2.18. The predicted octanol–water partition coefficient (Wildman–Crippen LogP) is 0.188. The molecule has 2 rings (SSSR count). The number of hydrogen-bond donors (Lipinski definition) is 2. The van der Waals surface area contributed by atoms with Crippen LogP contribution in [-0.2, 0) is 23.0 Å². The van der Waals surface area contributed by atoms with Crippen LogP contribution in [0.1, 0.15) is 11.5 Å². The summed E-state index contributed by atoms with van der Waals surface area (Å²) in [5.74, 6) is -0.328. The Kier molecular flexibility index (Phi) is 4.42. The van der Waals surface area contributed by atoms with Crippen molar-refractivity contribution < 1.29 is 17.3 Å². The SMILES string of the molecule is NCc1ccc(F)cc1S(=O)(=O)NCCc1ncno1. The Balaban J connectivity index is 2.11. The van der Waals surface area contributed by atoms with Gasteiger partial charge in [-0.25, -0.2) is 17.5 Å². The quantitative estimate of drug-likeness (QED) is 0.787. The standard InChI is InChI=1S/C11H13FN4O3S/c12-9-2-1-8(6-13)10(5-9)20(17,18)16-4-3-11-14-7-15-19-11/h1-2,5,7,16H,3-4,6,13H2. The molecule has 1 heterocycles. The minimum absolute atomic E-state index is 0.000181. The van der Waals surface area contributed by atoms with E-state index in [2.05, 4.69) is 14.9 Å². The van der Waals surface area contributed by atoms with Crippen molar-refractivity contribution in [1.29, 1.82) is 0 Å². The fourth-order valence-corrected chi connectivity index (χ4v) is 2.91. The summed E-state index contributed by atoms with van der Waals surface area (Å²) in [5.41, 5.74) is 5.80. The largest absolute Gasteiger partial charge is 0.340 e. The molecule has 0 spiro atoms. The maximum atomic E-state index is 13.2. The molecule has 9 heteroatoms. The summed E-state index contributed by atoms with van der Waals surface area (Å²) >= 11 is 0. The number of halogens is 1. The number of nitrogens with zero attached hydrogens (tertiary/aromatic N) is 2. The summed E-state index contributed by atoms with van der Waals surface area (Å²) in [7, 11) is -3.84. The van der Waals surface area contributed by atoms with Gasteiger partial charge in [-0.05, 0) is 17.7 Å². The summed E-state index contributed by atoms with van der Waals surface area (Å²) in [6.45, 7) is 0.0607. The van der Waals surface area contributed by atoms with Crippen LogP contribution in [0.3, 0.4) is 0 Å². The zero-order chi connectivity index (χ0) is 14.6. The van der Waals surface area contributed by atoms with Crippen LogP contribution in [0.4, 0.5) is 4.39 Å². The molecule has 2 aromatic rings. The van der Waals surface area contributed by atoms with E-state index >= 15 is 0 Å². The number of aromatic nitrogens is 2. The van der Waals surface area contributed by atoms with E-state index in [1.54, 1.807) is 0 Å². The van der Waals surface area contributed by atoms with E-state index in [4.69, 9.17) is 10.3 Å². The molecule has 0 radical (unpaired) electrons. The molecule has 7 nitrogen and oxygen atoms in total. The van der Waals surface area contributed by atoms with Crippen LogP contribution in [0.2, 0.25) is 0 Å². The van der Waals surface area contributed by atoms with Crippen molar-refractivity contribution in [3.8, 4) is 0 Å². The van der Waals surface area contributed by atoms with E-state index in [-0.39, 0.29) is 24.4 Å². The van der Waals surface area contributed by atoms with Gasteiger partial charge in [0.1, 0.15) is 5.82 Å². The molecule has 1 aromatic carbocycles. The molecule has 0 unspecified atom stereocenters. The van der Waals surface area contributed by atoms with Crippen molar-refractivity contribution in [2.24, 2.45) is 5.73 Å². The normalized spacial score (nSPS) is 11.7. The minimum atomic E-state index is -3.84. The number of nitrogens with one attached hydrogen (secondary N) is 1. The maximum absolute atomic E-state index is 13.2. The number of sulfonamides is 1. The second kappa shape index (κ2) is 6.07. The number of hydrogen-bond acceptors (Lipinski definition) is 6. The third-order valence-electron chi connectivity index (χ3n) is 2.58. The van der Waals surface area contributed by atoms with Gasteiger partial charge in [-0.2, -0.15) is 4.98 Å². The molecule has 0 aliphatic rings. The van der Waals surface area contributed by atoms with Gasteiger partial charge < -0.3 is 10.3 Å². The molecule has 0 atom stereocenters. The molecule has 108 valence electrons. The van der Waals surface area contributed by atoms with Gasteiger partial charge in [0, 0.05) is 19.5 Å². The van der Waals surface area contributed by atoms with E-state index in [9.17, 15) is 12.8 Å². The summed E-state index contributed by atoms with van der Waals surface area (Å²) in [4.78, 5) is 3.60. The Morgan fingerprint density at radius 2 is 2.20 bits per heavy atom. The Bertz CT molecular complexity index is 673. The van der Waals surface area contributed by atoms with Gasteiger partial charge in [-0.3, -0.25) is 0 Å². The summed E-state index contributed by atoms with van der Waals surface area (Å²) < 4.78 is 44.5. The Hall–Kier alpha value is -1.84. The highest BCUT2D eigenvalue weighted by atomic mass is 32.2. The minimum Gasteiger partial charge on any atom is -0.340 e. The number of nitrogens with two attached hydrogens (primary N) is 1. The van der Waals surface area contributed by atoms with Crippen LogP contribution in [0.15, 0.2) is 33.9 Å². The lowest BCUT2D eigenvalue weighted by Gasteiger charge is -2.10. The van der Waals surface area contributed by atoms with Crippen LogP contribution in [-0.4, -0.2) is 25.1 Å². The van der Waals surface area contributed by atoms with E-state index < -0.39 is 15.8 Å². The Morgan fingerprint density at radius 1 is 1.40 bits per heavy atom. The monoisotopic (exact) mass is 300 g/mol. The van der Waals surface area contributed by atoms with Crippen molar-refractivity contribution in [3.05, 3.63) is 41.8 Å². The van der Waals surface area contributed by atoms with Crippen LogP contribution in [0.5, 0.6) is 0 Å². The van der Waals surface area contributed by atoms with E-state index in [0.29, 0.717) is 11.5 Å². The molecular weight excluding hydrogens is 287 g/mol. The predicted molar refractivity (Wildman–Crippen MR) is 67.5 cm³/mol. The first kappa shape index (κ1) is 14.6. The maximum Gasteiger partial charge on any atom is 0.241 e. The van der Waals surface area contributed by atoms with Crippen LogP contribution < -0.4 is 10.5 Å². The molecule has 0 bridgehead atoms. The lowest BCUT2D eigenvalue weighted by Crippen LogP contribution is -2.27. The first-order valence-electron chi connectivity index (χ1n) is 5.76. The van der Waals surface area contributed by atoms with Gasteiger partial charge in [0.2, 0.25) is 15.9 Å². The Labute approximate surface area is 115 Å². The summed E-state index contributed by atoms with van der Waals surface area (Å²) in [5, 5.41) is 3.40. The second-order valence-electron chi connectivity index (χ2n) is 3.94. The van der Waals surface area contributed by atoms with Gasteiger partial charge in [0.05, 0.1) is 4.90 Å². The second-order valence-corrected chi connectivity index (χ2v) is 5.67. The highest BCUT2D eigenvalue weighted by Crippen LogP contribution is 2.16. The fourth-order valence-electron chi connectivity index (χ4n) is 1.62. The van der Waals surface area contributed by atoms with E-state index in [0.717, 1.165) is 6.07 Å². The van der Waals surface area contributed by atoms with E-state index in [1.807, 2.05) is 0 Å². The third kappa shape index (κ3) is 3.38. The first-order valence-corrected chi connectivity index (χ1v) is 7.25. The lowest BCUT2D eigenvalue weighted by atomic mass is 10.2. The average Bonchev–Trinajstić information content (AvgIpc) is 2.91.